The van der Waals surface area contributed by atoms with Crippen molar-refractivity contribution < 1.29 is 38.3 Å². The Hall–Kier alpha value is -4.49. The number of carbonyl (C=O) groups is 7. The first-order chi connectivity index (χ1) is 25.4. The van der Waals surface area contributed by atoms with Crippen molar-refractivity contribution in [2.24, 2.45) is 35.0 Å². The molecule has 1 aromatic rings. The molecule has 54 heavy (non-hydrogen) atoms. The van der Waals surface area contributed by atoms with E-state index in [1.54, 1.807) is 49.3 Å². The van der Waals surface area contributed by atoms with Crippen LogP contribution in [0.25, 0.3) is 0 Å². The zero-order valence-electron chi connectivity index (χ0n) is 33.1. The van der Waals surface area contributed by atoms with Gasteiger partial charge in [-0.25, -0.2) is 4.79 Å². The van der Waals surface area contributed by atoms with E-state index in [2.05, 4.69) is 21.3 Å². The number of nitrogens with one attached hydrogen (secondary N) is 4. The van der Waals surface area contributed by atoms with Gasteiger partial charge in [-0.05, 0) is 66.3 Å². The molecular formula is C40H60N6O8. The van der Waals surface area contributed by atoms with Gasteiger partial charge in [-0.2, -0.15) is 0 Å². The third kappa shape index (κ3) is 10.2. The van der Waals surface area contributed by atoms with Gasteiger partial charge in [0.15, 0.2) is 0 Å². The molecule has 14 nitrogen and oxygen atoms in total. The summed E-state index contributed by atoms with van der Waals surface area (Å²) in [6.07, 6.45) is 3.68. The van der Waals surface area contributed by atoms with E-state index in [1.807, 2.05) is 41.5 Å². The number of nitrogens with zero attached hydrogens (tertiary/aromatic N) is 2. The number of carbonyl (C=O) groups excluding carboxylic acids is 7. The lowest BCUT2D eigenvalue weighted by molar-refractivity contribution is -0.145. The number of ether oxygens (including phenoxy) is 1. The highest BCUT2D eigenvalue weighted by Crippen LogP contribution is 2.57. The smallest absolute Gasteiger partial charge is 0.407 e. The first-order valence-electron chi connectivity index (χ1n) is 19.4. The Kier molecular flexibility index (Phi) is 14.3. The Bertz CT molecular complexity index is 1540. The van der Waals surface area contributed by atoms with Crippen LogP contribution in [-0.4, -0.2) is 103 Å². The lowest BCUT2D eigenvalue weighted by atomic mass is 9.78. The first kappa shape index (κ1) is 42.3. The van der Waals surface area contributed by atoms with Crippen LogP contribution in [-0.2, 0) is 33.5 Å². The number of hydrogen-bond acceptors (Lipinski definition) is 8. The lowest BCUT2D eigenvalue weighted by Gasteiger charge is -2.37. The molecule has 1 aliphatic heterocycles. The van der Waals surface area contributed by atoms with Crippen molar-refractivity contribution in [3.8, 4) is 0 Å². The normalized spacial score (nSPS) is 23.1. The summed E-state index contributed by atoms with van der Waals surface area (Å²) in [6.45, 7) is 11.3. The van der Waals surface area contributed by atoms with E-state index < -0.39 is 65.7 Å². The van der Waals surface area contributed by atoms with Crippen LogP contribution in [0.3, 0.4) is 0 Å². The standard InChI is InChI=1S/C40H60N6O8/c1-9-10-16-28(33(48)36(50)41-20-29(47)43-31(37(51)45(7)8)24-14-12-11-13-15-24)42-35(49)32-30-26-18-17-25(19-26)27(30)21-46(32)38(52)34(40(4,5)6)44-39(53)54-22-23(2)3/h11-15,23,25-28,30-32,34H,9-10,16-22H2,1-8H3,(H,41,50)(H,42,49)(H,43,47)(H,44,53)/t25-,26+,27+,28+,30-,31?,32-,34+/m0/s1. The predicted octanol–water partition coefficient (Wildman–Crippen LogP) is 2.96. The van der Waals surface area contributed by atoms with Crippen LogP contribution < -0.4 is 21.3 Å². The summed E-state index contributed by atoms with van der Waals surface area (Å²) < 4.78 is 5.35. The van der Waals surface area contributed by atoms with Gasteiger partial charge in [0.2, 0.25) is 29.4 Å². The van der Waals surface area contributed by atoms with E-state index in [-0.39, 0.29) is 48.5 Å². The topological polar surface area (TPSA) is 183 Å². The Morgan fingerprint density at radius 1 is 0.944 bits per heavy atom. The summed E-state index contributed by atoms with van der Waals surface area (Å²) in [5, 5.41) is 10.6. The molecule has 1 saturated heterocycles. The molecule has 3 fully saturated rings. The molecular weight excluding hydrogens is 692 g/mol. The molecule has 4 rings (SSSR count). The molecule has 2 aliphatic carbocycles. The second kappa shape index (κ2) is 18.2. The van der Waals surface area contributed by atoms with E-state index in [0.717, 1.165) is 19.3 Å². The van der Waals surface area contributed by atoms with Gasteiger partial charge < -0.3 is 35.8 Å². The van der Waals surface area contributed by atoms with Crippen LogP contribution in [0.1, 0.15) is 91.7 Å². The third-order valence-corrected chi connectivity index (χ3v) is 11.0. The molecule has 0 aromatic heterocycles. The van der Waals surface area contributed by atoms with Gasteiger partial charge in [0, 0.05) is 20.6 Å². The molecule has 14 heteroatoms. The summed E-state index contributed by atoms with van der Waals surface area (Å²) in [7, 11) is 3.14. The zero-order valence-corrected chi connectivity index (χ0v) is 33.1. The number of hydrogen-bond donors (Lipinski definition) is 4. The number of alkyl carbamates (subject to hydrolysis) is 1. The van der Waals surface area contributed by atoms with Crippen molar-refractivity contribution >= 4 is 41.4 Å². The molecule has 1 unspecified atom stereocenters. The van der Waals surface area contributed by atoms with Crippen molar-refractivity contribution in [2.75, 3.05) is 33.8 Å². The van der Waals surface area contributed by atoms with Gasteiger partial charge in [0.05, 0.1) is 19.2 Å². The van der Waals surface area contributed by atoms with Crippen LogP contribution in [0.5, 0.6) is 0 Å². The van der Waals surface area contributed by atoms with Gasteiger partial charge in [0.1, 0.15) is 18.1 Å². The fourth-order valence-corrected chi connectivity index (χ4v) is 8.27. The Labute approximate surface area is 319 Å². The highest BCUT2D eigenvalue weighted by atomic mass is 16.5. The van der Waals surface area contributed by atoms with E-state index in [9.17, 15) is 33.6 Å². The molecule has 0 spiro atoms. The van der Waals surface area contributed by atoms with E-state index in [1.165, 1.54) is 4.90 Å². The second-order valence-corrected chi connectivity index (χ2v) is 16.8. The summed E-state index contributed by atoms with van der Waals surface area (Å²) in [5.74, 6) is -3.15. The molecule has 1 aromatic carbocycles. The summed E-state index contributed by atoms with van der Waals surface area (Å²) in [4.78, 5) is 97.2. The molecule has 2 bridgehead atoms. The number of ketones is 1. The maximum absolute atomic E-state index is 14.4. The van der Waals surface area contributed by atoms with Gasteiger partial charge in [0.25, 0.3) is 5.91 Å². The minimum absolute atomic E-state index is 0.106. The van der Waals surface area contributed by atoms with E-state index in [4.69, 9.17) is 4.74 Å². The first-order valence-corrected chi connectivity index (χ1v) is 19.4. The summed E-state index contributed by atoms with van der Waals surface area (Å²) in [6, 6.07) is 4.63. The third-order valence-electron chi connectivity index (χ3n) is 11.0. The van der Waals surface area contributed by atoms with Crippen LogP contribution >= 0.6 is 0 Å². The highest BCUT2D eigenvalue weighted by Gasteiger charge is 2.60. The molecule has 1 heterocycles. The zero-order chi connectivity index (χ0) is 39.9. The fraction of sp³-hybridized carbons (Fsp3) is 0.675. The van der Waals surface area contributed by atoms with Gasteiger partial charge in [-0.1, -0.05) is 84.7 Å². The lowest BCUT2D eigenvalue weighted by Crippen LogP contribution is -2.60. The summed E-state index contributed by atoms with van der Waals surface area (Å²) >= 11 is 0. The SMILES string of the molecule is CCCC[C@@H](NC(=O)[C@@H]1[C@H]2[C@@H]3CC[C@@H](C3)[C@H]2CN1C(=O)[C@@H](NC(=O)OCC(C)C)C(C)(C)C)C(=O)C(=O)NCC(=O)NC(C(=O)N(C)C)c1ccccc1. The summed E-state index contributed by atoms with van der Waals surface area (Å²) in [5.41, 5.74) is -0.154. The van der Waals surface area contributed by atoms with E-state index in [0.29, 0.717) is 30.9 Å². The number of likely N-dealkylation sites (N-methyl/N-ethyl adjacent to an activating group) is 1. The van der Waals surface area contributed by atoms with Crippen LogP contribution in [0.2, 0.25) is 0 Å². The van der Waals surface area contributed by atoms with Crippen molar-refractivity contribution in [3.63, 3.8) is 0 Å². The Balaban J connectivity index is 1.49. The number of likely N-dealkylation sites (tertiary alicyclic amines) is 1. The molecule has 6 amide bonds. The van der Waals surface area contributed by atoms with Crippen LogP contribution in [0.4, 0.5) is 4.79 Å². The van der Waals surface area contributed by atoms with Gasteiger partial charge in [-0.15, -0.1) is 0 Å². The molecule has 298 valence electrons. The largest absolute Gasteiger partial charge is 0.449 e. The molecule has 8 atom stereocenters. The number of Topliss-reactive ketones (excluding diaryl/α,β-unsaturated/α-hetero) is 1. The minimum atomic E-state index is -1.19. The van der Waals surface area contributed by atoms with Crippen LogP contribution in [0.15, 0.2) is 30.3 Å². The second-order valence-electron chi connectivity index (χ2n) is 16.8. The van der Waals surface area contributed by atoms with Gasteiger partial charge in [-0.3, -0.25) is 28.8 Å². The average molecular weight is 753 g/mol. The quantitative estimate of drug-likeness (QED) is 0.186. The molecule has 0 radical (unpaired) electrons. The van der Waals surface area contributed by atoms with Gasteiger partial charge >= 0.3 is 6.09 Å². The number of amides is 6. The van der Waals surface area contributed by atoms with E-state index >= 15 is 0 Å². The van der Waals surface area contributed by atoms with Crippen molar-refractivity contribution in [2.45, 2.75) is 104 Å². The Morgan fingerprint density at radius 2 is 1.61 bits per heavy atom. The van der Waals surface area contributed by atoms with Crippen molar-refractivity contribution in [1.82, 2.24) is 31.1 Å². The fourth-order valence-electron chi connectivity index (χ4n) is 8.27. The maximum atomic E-state index is 14.4. The number of rotatable bonds is 16. The molecule has 4 N–H and O–H groups in total. The van der Waals surface area contributed by atoms with Crippen molar-refractivity contribution in [1.29, 1.82) is 0 Å². The van der Waals surface area contributed by atoms with Crippen molar-refractivity contribution in [3.05, 3.63) is 35.9 Å². The minimum Gasteiger partial charge on any atom is -0.449 e. The average Bonchev–Trinajstić information content (AvgIpc) is 3.85. The predicted molar refractivity (Wildman–Crippen MR) is 201 cm³/mol. The number of benzene rings is 1. The maximum Gasteiger partial charge on any atom is 0.407 e. The van der Waals surface area contributed by atoms with Crippen LogP contribution in [0, 0.1) is 35.0 Å². The highest BCUT2D eigenvalue weighted by molar-refractivity contribution is 6.38. The monoisotopic (exact) mass is 752 g/mol. The molecule has 3 aliphatic rings. The number of unbranched alkanes of at least 4 members (excludes halogenated alkanes) is 1. The molecule has 2 saturated carbocycles. The Morgan fingerprint density at radius 3 is 2.22 bits per heavy atom. The number of fused-ring (bicyclic) bond motifs is 5.